The van der Waals surface area contributed by atoms with E-state index in [4.69, 9.17) is 16.0 Å². The number of fused-ring (bicyclic) bond motifs is 1. The smallest absolute Gasteiger partial charge is 0.224 e. The average molecular weight is 301 g/mol. The second-order valence-electron chi connectivity index (χ2n) is 4.63. The van der Waals surface area contributed by atoms with Gasteiger partial charge in [-0.1, -0.05) is 23.7 Å². The lowest BCUT2D eigenvalue weighted by molar-refractivity contribution is -0.116. The number of nitrogens with one attached hydrogen (secondary N) is 1. The third-order valence-electron chi connectivity index (χ3n) is 3.03. The fourth-order valence-electron chi connectivity index (χ4n) is 2.00. The van der Waals surface area contributed by atoms with E-state index in [9.17, 15) is 4.79 Å². The van der Waals surface area contributed by atoms with Gasteiger partial charge in [0.05, 0.1) is 0 Å². The molecule has 1 heterocycles. The average Bonchev–Trinajstić information content (AvgIpc) is 2.90. The second-order valence-corrected chi connectivity index (χ2v) is 5.07. The number of benzene rings is 2. The Morgan fingerprint density at radius 1 is 1.14 bits per heavy atom. The van der Waals surface area contributed by atoms with Crippen LogP contribution >= 0.6 is 11.6 Å². The van der Waals surface area contributed by atoms with Crippen LogP contribution in [0.5, 0.6) is 0 Å². The number of anilines is 1. The molecule has 4 nitrogen and oxygen atoms in total. The molecule has 106 valence electrons. The summed E-state index contributed by atoms with van der Waals surface area (Å²) >= 11 is 5.79. The SMILES string of the molecule is O=C(CCc1nc2ccccc2o1)Nc1ccc(Cl)cc1. The van der Waals surface area contributed by atoms with Crippen LogP contribution in [0.1, 0.15) is 12.3 Å². The zero-order valence-electron chi connectivity index (χ0n) is 11.2. The minimum Gasteiger partial charge on any atom is -0.441 e. The number of halogens is 1. The van der Waals surface area contributed by atoms with Crippen molar-refractivity contribution < 1.29 is 9.21 Å². The Balaban J connectivity index is 1.59. The van der Waals surface area contributed by atoms with Crippen LogP contribution in [0.4, 0.5) is 5.69 Å². The van der Waals surface area contributed by atoms with Gasteiger partial charge in [0.2, 0.25) is 5.91 Å². The van der Waals surface area contributed by atoms with Gasteiger partial charge < -0.3 is 9.73 Å². The predicted octanol–water partition coefficient (Wildman–Crippen LogP) is 4.05. The summed E-state index contributed by atoms with van der Waals surface area (Å²) in [6.45, 7) is 0. The quantitative estimate of drug-likeness (QED) is 0.790. The molecule has 0 aliphatic heterocycles. The van der Waals surface area contributed by atoms with Crippen molar-refractivity contribution in [3.05, 3.63) is 59.4 Å². The molecule has 3 rings (SSSR count). The van der Waals surface area contributed by atoms with Crippen LogP contribution in [0.25, 0.3) is 11.1 Å². The molecule has 21 heavy (non-hydrogen) atoms. The number of amides is 1. The van der Waals surface area contributed by atoms with E-state index in [0.717, 1.165) is 16.8 Å². The summed E-state index contributed by atoms with van der Waals surface area (Å²) in [5.41, 5.74) is 2.28. The van der Waals surface area contributed by atoms with Gasteiger partial charge in [-0.3, -0.25) is 4.79 Å². The standard InChI is InChI=1S/C16H13ClN2O2/c17-11-5-7-12(8-6-11)18-15(20)9-10-16-19-13-3-1-2-4-14(13)21-16/h1-8H,9-10H2,(H,18,20). The molecule has 0 aliphatic rings. The van der Waals surface area contributed by atoms with Crippen LogP contribution in [0, 0.1) is 0 Å². The normalized spacial score (nSPS) is 10.7. The zero-order chi connectivity index (χ0) is 14.7. The molecule has 0 fully saturated rings. The maximum absolute atomic E-state index is 11.9. The summed E-state index contributed by atoms with van der Waals surface area (Å²) in [5.74, 6) is 0.488. The van der Waals surface area contributed by atoms with Crippen molar-refractivity contribution in [3.8, 4) is 0 Å². The van der Waals surface area contributed by atoms with Crippen molar-refractivity contribution in [2.24, 2.45) is 0 Å². The monoisotopic (exact) mass is 300 g/mol. The Bertz CT molecular complexity index is 732. The van der Waals surface area contributed by atoms with Gasteiger partial charge in [0.1, 0.15) is 5.52 Å². The topological polar surface area (TPSA) is 55.1 Å². The van der Waals surface area contributed by atoms with E-state index in [2.05, 4.69) is 10.3 Å². The minimum atomic E-state index is -0.0837. The number of nitrogens with zero attached hydrogens (tertiary/aromatic N) is 1. The maximum atomic E-state index is 11.9. The summed E-state index contributed by atoms with van der Waals surface area (Å²) in [5, 5.41) is 3.44. The lowest BCUT2D eigenvalue weighted by Crippen LogP contribution is -2.12. The number of hydrogen-bond acceptors (Lipinski definition) is 3. The Morgan fingerprint density at radius 3 is 2.67 bits per heavy atom. The lowest BCUT2D eigenvalue weighted by atomic mass is 10.2. The second kappa shape index (κ2) is 5.97. The van der Waals surface area contributed by atoms with Gasteiger partial charge in [-0.05, 0) is 36.4 Å². The van der Waals surface area contributed by atoms with Gasteiger partial charge in [0.15, 0.2) is 11.5 Å². The Labute approximate surface area is 126 Å². The van der Waals surface area contributed by atoms with Gasteiger partial charge in [0, 0.05) is 23.6 Å². The molecular formula is C16H13ClN2O2. The maximum Gasteiger partial charge on any atom is 0.224 e. The van der Waals surface area contributed by atoms with E-state index in [-0.39, 0.29) is 5.91 Å². The molecule has 0 spiro atoms. The first-order valence-corrected chi connectivity index (χ1v) is 6.98. The molecule has 0 saturated heterocycles. The zero-order valence-corrected chi connectivity index (χ0v) is 11.9. The van der Waals surface area contributed by atoms with Crippen molar-refractivity contribution in [2.45, 2.75) is 12.8 Å². The molecule has 3 aromatic rings. The lowest BCUT2D eigenvalue weighted by Gasteiger charge is -2.03. The molecule has 2 aromatic carbocycles. The number of carbonyl (C=O) groups is 1. The molecule has 0 saturated carbocycles. The van der Waals surface area contributed by atoms with Gasteiger partial charge >= 0.3 is 0 Å². The first kappa shape index (κ1) is 13.6. The molecule has 1 N–H and O–H groups in total. The van der Waals surface area contributed by atoms with Crippen LogP contribution in [-0.2, 0) is 11.2 Å². The van der Waals surface area contributed by atoms with E-state index in [1.807, 2.05) is 24.3 Å². The van der Waals surface area contributed by atoms with Crippen LogP contribution in [0.2, 0.25) is 5.02 Å². The number of oxazole rings is 1. The van der Waals surface area contributed by atoms with Crippen molar-refractivity contribution in [3.63, 3.8) is 0 Å². The van der Waals surface area contributed by atoms with Crippen LogP contribution in [-0.4, -0.2) is 10.9 Å². The van der Waals surface area contributed by atoms with Gasteiger partial charge in [-0.25, -0.2) is 4.98 Å². The molecule has 5 heteroatoms. The van der Waals surface area contributed by atoms with Crippen LogP contribution in [0.15, 0.2) is 52.9 Å². The van der Waals surface area contributed by atoms with Crippen molar-refractivity contribution in [2.75, 3.05) is 5.32 Å². The number of carbonyl (C=O) groups excluding carboxylic acids is 1. The van der Waals surface area contributed by atoms with Gasteiger partial charge in [-0.15, -0.1) is 0 Å². The van der Waals surface area contributed by atoms with E-state index in [0.29, 0.717) is 23.8 Å². The summed E-state index contributed by atoms with van der Waals surface area (Å²) < 4.78 is 5.58. The number of rotatable bonds is 4. The Kier molecular flexibility index (Phi) is 3.88. The first-order chi connectivity index (χ1) is 10.2. The highest BCUT2D eigenvalue weighted by Crippen LogP contribution is 2.16. The van der Waals surface area contributed by atoms with Crippen LogP contribution < -0.4 is 5.32 Å². The first-order valence-electron chi connectivity index (χ1n) is 6.60. The molecule has 0 radical (unpaired) electrons. The third-order valence-corrected chi connectivity index (χ3v) is 3.28. The van der Waals surface area contributed by atoms with E-state index < -0.39 is 0 Å². The fraction of sp³-hybridized carbons (Fsp3) is 0.125. The van der Waals surface area contributed by atoms with Gasteiger partial charge in [-0.2, -0.15) is 0 Å². The highest BCUT2D eigenvalue weighted by Gasteiger charge is 2.08. The summed E-state index contributed by atoms with van der Waals surface area (Å²) in [7, 11) is 0. The van der Waals surface area contributed by atoms with Crippen molar-refractivity contribution in [1.29, 1.82) is 0 Å². The Hall–Kier alpha value is -2.33. The highest BCUT2D eigenvalue weighted by atomic mass is 35.5. The largest absolute Gasteiger partial charge is 0.441 e. The number of hydrogen-bond donors (Lipinski definition) is 1. The molecule has 0 atom stereocenters. The van der Waals surface area contributed by atoms with Crippen molar-refractivity contribution in [1.82, 2.24) is 4.98 Å². The highest BCUT2D eigenvalue weighted by molar-refractivity contribution is 6.30. The number of aromatic nitrogens is 1. The molecule has 1 amide bonds. The molecule has 0 unspecified atom stereocenters. The predicted molar refractivity (Wildman–Crippen MR) is 82.4 cm³/mol. The third kappa shape index (κ3) is 3.41. The number of aryl methyl sites for hydroxylation is 1. The van der Waals surface area contributed by atoms with Crippen molar-refractivity contribution >= 4 is 34.3 Å². The molecule has 0 bridgehead atoms. The Morgan fingerprint density at radius 2 is 1.90 bits per heavy atom. The van der Waals surface area contributed by atoms with E-state index >= 15 is 0 Å². The van der Waals surface area contributed by atoms with Gasteiger partial charge in [0.25, 0.3) is 0 Å². The van der Waals surface area contributed by atoms with E-state index in [1.165, 1.54) is 0 Å². The molecule has 1 aromatic heterocycles. The summed E-state index contributed by atoms with van der Waals surface area (Å²) in [4.78, 5) is 16.2. The van der Waals surface area contributed by atoms with E-state index in [1.54, 1.807) is 24.3 Å². The number of para-hydroxylation sites is 2. The molecule has 0 aliphatic carbocycles. The fourth-order valence-corrected chi connectivity index (χ4v) is 2.13. The van der Waals surface area contributed by atoms with Crippen LogP contribution in [0.3, 0.4) is 0 Å². The summed E-state index contributed by atoms with van der Waals surface area (Å²) in [6.07, 6.45) is 0.781. The summed E-state index contributed by atoms with van der Waals surface area (Å²) in [6, 6.07) is 14.5. The minimum absolute atomic E-state index is 0.0837. The molecular weight excluding hydrogens is 288 g/mol.